The zero-order valence-electron chi connectivity index (χ0n) is 18.1. The van der Waals surface area contributed by atoms with E-state index in [9.17, 15) is 18.0 Å². The molecule has 2 aromatic rings. The number of hydrogen-bond acceptors (Lipinski definition) is 5. The molecule has 1 N–H and O–H groups in total. The highest BCUT2D eigenvalue weighted by atomic mass is 19.4. The lowest BCUT2D eigenvalue weighted by atomic mass is 9.85. The third-order valence-corrected chi connectivity index (χ3v) is 6.32. The first kappa shape index (κ1) is 22.4. The highest BCUT2D eigenvalue weighted by molar-refractivity contribution is 5.96. The Morgan fingerprint density at radius 1 is 1.12 bits per heavy atom. The van der Waals surface area contributed by atoms with Crippen molar-refractivity contribution in [2.24, 2.45) is 0 Å². The number of alkyl halides is 3. The number of carbonyl (C=O) groups excluding carboxylic acids is 1. The molecule has 2 saturated heterocycles. The van der Waals surface area contributed by atoms with Gasteiger partial charge in [-0.1, -0.05) is 0 Å². The second-order valence-electron chi connectivity index (χ2n) is 8.69. The summed E-state index contributed by atoms with van der Waals surface area (Å²) in [6.07, 6.45) is -0.369. The van der Waals surface area contributed by atoms with Crippen LogP contribution in [0.3, 0.4) is 0 Å². The number of benzene rings is 1. The lowest BCUT2D eigenvalue weighted by molar-refractivity contribution is -0.137. The summed E-state index contributed by atoms with van der Waals surface area (Å²) in [6, 6.07) is 2.51. The zero-order valence-corrected chi connectivity index (χ0v) is 18.1. The Morgan fingerprint density at radius 3 is 2.67 bits per heavy atom. The zero-order chi connectivity index (χ0) is 23.0. The van der Waals surface area contributed by atoms with E-state index in [1.165, 1.54) is 0 Å². The van der Waals surface area contributed by atoms with Crippen molar-refractivity contribution in [2.75, 3.05) is 33.0 Å². The predicted molar refractivity (Wildman–Crippen MR) is 112 cm³/mol. The molecule has 178 valence electrons. The van der Waals surface area contributed by atoms with Crippen LogP contribution in [0.5, 0.6) is 0 Å². The normalized spacial score (nSPS) is 22.6. The van der Waals surface area contributed by atoms with Crippen LogP contribution < -0.4 is 5.32 Å². The molecule has 1 aliphatic carbocycles. The quantitative estimate of drug-likeness (QED) is 0.735. The predicted octanol–water partition coefficient (Wildman–Crippen LogP) is 2.99. The number of fused-ring (bicyclic) bond motifs is 3. The summed E-state index contributed by atoms with van der Waals surface area (Å²) in [5, 5.41) is 7.21. The van der Waals surface area contributed by atoms with Gasteiger partial charge in [-0.2, -0.15) is 18.3 Å². The molecule has 7 nitrogen and oxygen atoms in total. The van der Waals surface area contributed by atoms with Crippen LogP contribution in [0, 0.1) is 0 Å². The van der Waals surface area contributed by atoms with Crippen LogP contribution in [0.1, 0.15) is 39.9 Å². The number of rotatable bonds is 5. The Bertz CT molecular complexity index is 1020. The summed E-state index contributed by atoms with van der Waals surface area (Å²) >= 11 is 0. The molecular formula is C23H26F3N3O4. The van der Waals surface area contributed by atoms with Crippen LogP contribution in [0.25, 0.3) is 11.3 Å². The Hall–Kier alpha value is -2.43. The van der Waals surface area contributed by atoms with Gasteiger partial charge in [0.2, 0.25) is 0 Å². The first-order valence-electron chi connectivity index (χ1n) is 11.3. The van der Waals surface area contributed by atoms with Crippen molar-refractivity contribution in [1.82, 2.24) is 15.1 Å². The number of halogens is 3. The topological polar surface area (TPSA) is 74.6 Å². The van der Waals surface area contributed by atoms with Gasteiger partial charge < -0.3 is 19.5 Å². The van der Waals surface area contributed by atoms with Gasteiger partial charge in [0.1, 0.15) is 6.10 Å². The molecule has 3 heterocycles. The monoisotopic (exact) mass is 465 g/mol. The van der Waals surface area contributed by atoms with Crippen LogP contribution in [-0.4, -0.2) is 60.9 Å². The first-order chi connectivity index (χ1) is 15.9. The maximum atomic E-state index is 14.1. The fraction of sp³-hybridized carbons (Fsp3) is 0.565. The smallest absolute Gasteiger partial charge is 0.376 e. The van der Waals surface area contributed by atoms with Crippen LogP contribution in [0.2, 0.25) is 0 Å². The third-order valence-electron chi connectivity index (χ3n) is 6.32. The lowest BCUT2D eigenvalue weighted by Gasteiger charge is -2.22. The SMILES string of the molecule is O=C(NC[C@@H]1CCCO1)c1cc2c(c(C(F)(F)F)c1)-c1nn(C[C@H]3COCCO3)cc1CC2. The molecule has 10 heteroatoms. The van der Waals surface area contributed by atoms with Crippen molar-refractivity contribution in [1.29, 1.82) is 0 Å². The number of aromatic nitrogens is 2. The minimum atomic E-state index is -4.62. The van der Waals surface area contributed by atoms with Crippen LogP contribution in [0.4, 0.5) is 13.2 Å². The van der Waals surface area contributed by atoms with Gasteiger partial charge in [-0.15, -0.1) is 0 Å². The molecule has 2 aliphatic heterocycles. The Labute approximate surface area is 189 Å². The fourth-order valence-electron chi connectivity index (χ4n) is 4.72. The van der Waals surface area contributed by atoms with Crippen molar-refractivity contribution in [2.45, 2.75) is 50.6 Å². The molecule has 0 unspecified atom stereocenters. The van der Waals surface area contributed by atoms with Gasteiger partial charge in [-0.3, -0.25) is 9.48 Å². The summed E-state index contributed by atoms with van der Waals surface area (Å²) in [4.78, 5) is 12.7. The van der Waals surface area contributed by atoms with Crippen molar-refractivity contribution in [3.05, 3.63) is 40.6 Å². The number of carbonyl (C=O) groups is 1. The molecule has 2 atom stereocenters. The fourth-order valence-corrected chi connectivity index (χ4v) is 4.72. The molecule has 1 amide bonds. The number of nitrogens with zero attached hydrogens (tertiary/aromatic N) is 2. The molecule has 1 aromatic carbocycles. The van der Waals surface area contributed by atoms with Crippen LogP contribution in [-0.2, 0) is 39.8 Å². The van der Waals surface area contributed by atoms with Crippen LogP contribution in [0.15, 0.2) is 18.3 Å². The maximum Gasteiger partial charge on any atom is 0.417 e. The van der Waals surface area contributed by atoms with E-state index in [0.29, 0.717) is 63.6 Å². The number of ether oxygens (including phenoxy) is 3. The molecule has 0 saturated carbocycles. The van der Waals surface area contributed by atoms with E-state index in [2.05, 4.69) is 10.4 Å². The Balaban J connectivity index is 1.44. The molecule has 33 heavy (non-hydrogen) atoms. The molecule has 0 radical (unpaired) electrons. The molecule has 5 rings (SSSR count). The summed E-state index contributed by atoms with van der Waals surface area (Å²) in [6.45, 7) is 2.81. The van der Waals surface area contributed by atoms with Crippen molar-refractivity contribution >= 4 is 5.91 Å². The van der Waals surface area contributed by atoms with E-state index in [-0.39, 0.29) is 23.3 Å². The average molecular weight is 465 g/mol. The molecule has 2 fully saturated rings. The molecule has 0 spiro atoms. The van der Waals surface area contributed by atoms with E-state index < -0.39 is 17.6 Å². The van der Waals surface area contributed by atoms with Gasteiger partial charge >= 0.3 is 6.18 Å². The third kappa shape index (κ3) is 4.78. The van der Waals surface area contributed by atoms with Crippen molar-refractivity contribution in [3.8, 4) is 11.3 Å². The minimum absolute atomic E-state index is 0.00899. The summed E-state index contributed by atoms with van der Waals surface area (Å²) in [7, 11) is 0. The number of hydrogen-bond donors (Lipinski definition) is 1. The second-order valence-corrected chi connectivity index (χ2v) is 8.69. The van der Waals surface area contributed by atoms with Crippen LogP contribution >= 0.6 is 0 Å². The maximum absolute atomic E-state index is 14.1. The van der Waals surface area contributed by atoms with E-state index in [1.54, 1.807) is 16.9 Å². The van der Waals surface area contributed by atoms with Crippen molar-refractivity contribution in [3.63, 3.8) is 0 Å². The average Bonchev–Trinajstić information content (AvgIpc) is 3.46. The Kier molecular flexibility index (Phi) is 6.15. The van der Waals surface area contributed by atoms with Gasteiger partial charge in [0, 0.05) is 30.5 Å². The minimum Gasteiger partial charge on any atom is -0.376 e. The first-order valence-corrected chi connectivity index (χ1v) is 11.3. The van der Waals surface area contributed by atoms with E-state index in [4.69, 9.17) is 14.2 Å². The summed E-state index contributed by atoms with van der Waals surface area (Å²) < 4.78 is 60.5. The number of amides is 1. The van der Waals surface area contributed by atoms with Crippen molar-refractivity contribution < 1.29 is 32.2 Å². The molecular weight excluding hydrogens is 439 g/mol. The second kappa shape index (κ2) is 9.08. The van der Waals surface area contributed by atoms with E-state index in [1.807, 2.05) is 0 Å². The molecule has 3 aliphatic rings. The van der Waals surface area contributed by atoms with Gasteiger partial charge in [-0.25, -0.2) is 0 Å². The standard InChI is InChI=1S/C23H26F3N3O4/c24-23(25,26)19-9-16(22(30)27-10-17-2-1-5-32-17)8-14-3-4-15-11-29(28-21(15)20(14)19)12-18-13-31-6-7-33-18/h8-9,11,17-18H,1-7,10,12-13H2,(H,27,30)/t17-,18-/m0/s1. The van der Waals surface area contributed by atoms with E-state index in [0.717, 1.165) is 24.5 Å². The highest BCUT2D eigenvalue weighted by Crippen LogP contribution is 2.43. The molecule has 1 aromatic heterocycles. The Morgan fingerprint density at radius 2 is 1.94 bits per heavy atom. The molecule has 0 bridgehead atoms. The van der Waals surface area contributed by atoms with Gasteiger partial charge in [0.15, 0.2) is 0 Å². The number of aryl methyl sites for hydroxylation is 2. The summed E-state index contributed by atoms with van der Waals surface area (Å²) in [5.74, 6) is -0.524. The largest absolute Gasteiger partial charge is 0.417 e. The van der Waals surface area contributed by atoms with Gasteiger partial charge in [0.25, 0.3) is 5.91 Å². The highest BCUT2D eigenvalue weighted by Gasteiger charge is 2.38. The van der Waals surface area contributed by atoms with E-state index >= 15 is 0 Å². The van der Waals surface area contributed by atoms with Gasteiger partial charge in [0.05, 0.1) is 43.7 Å². The lowest BCUT2D eigenvalue weighted by Crippen LogP contribution is -2.32. The number of nitrogens with one attached hydrogen (secondary N) is 1. The summed E-state index contributed by atoms with van der Waals surface area (Å²) in [5.41, 5.74) is 0.827. The van der Waals surface area contributed by atoms with Gasteiger partial charge in [-0.05, 0) is 48.9 Å².